The maximum absolute atomic E-state index is 12.4. The first kappa shape index (κ1) is 21.9. The lowest BCUT2D eigenvalue weighted by Gasteiger charge is -2.12. The second-order valence-electron chi connectivity index (χ2n) is 6.00. The molecule has 0 fully saturated rings. The molecular formula is C20H23F2N3O4. The van der Waals surface area contributed by atoms with Gasteiger partial charge in [0.15, 0.2) is 23.9 Å². The molecule has 0 saturated heterocycles. The Bertz CT molecular complexity index is 888. The fourth-order valence-corrected chi connectivity index (χ4v) is 2.61. The quantitative estimate of drug-likeness (QED) is 0.377. The number of carbonyl (C=O) groups excluding carboxylic acids is 1. The zero-order chi connectivity index (χ0) is 21.4. The van der Waals surface area contributed by atoms with Crippen LogP contribution < -0.4 is 20.5 Å². The van der Waals surface area contributed by atoms with Crippen molar-refractivity contribution in [3.63, 3.8) is 0 Å². The summed E-state index contributed by atoms with van der Waals surface area (Å²) in [6.07, 6.45) is 0.774. The number of ether oxygens (including phenoxy) is 2. The van der Waals surface area contributed by atoms with Crippen molar-refractivity contribution in [1.82, 2.24) is 0 Å². The summed E-state index contributed by atoms with van der Waals surface area (Å²) >= 11 is 0. The van der Waals surface area contributed by atoms with E-state index in [0.29, 0.717) is 5.56 Å². The van der Waals surface area contributed by atoms with E-state index < -0.39 is 6.61 Å². The average Bonchev–Trinajstić information content (AvgIpc) is 2.69. The van der Waals surface area contributed by atoms with E-state index in [1.54, 1.807) is 0 Å². The van der Waals surface area contributed by atoms with E-state index in [1.807, 2.05) is 32.0 Å². The van der Waals surface area contributed by atoms with Crippen LogP contribution in [0.15, 0.2) is 41.6 Å². The molecular weight excluding hydrogens is 384 g/mol. The Morgan fingerprint density at radius 2 is 2.00 bits per heavy atom. The topological polar surface area (TPSA) is 95.2 Å². The van der Waals surface area contributed by atoms with Gasteiger partial charge in [-0.05, 0) is 42.7 Å². The lowest BCUT2D eigenvalue weighted by atomic mass is 10.1. The van der Waals surface area contributed by atoms with E-state index in [-0.39, 0.29) is 29.8 Å². The van der Waals surface area contributed by atoms with Gasteiger partial charge in [0, 0.05) is 11.3 Å². The Morgan fingerprint density at radius 1 is 1.24 bits per heavy atom. The predicted molar refractivity (Wildman–Crippen MR) is 105 cm³/mol. The number of alkyl halides is 2. The van der Waals surface area contributed by atoms with Crippen LogP contribution in [-0.2, 0) is 16.1 Å². The van der Waals surface area contributed by atoms with Gasteiger partial charge in [0.25, 0.3) is 5.91 Å². The highest BCUT2D eigenvalue weighted by Gasteiger charge is 2.13. The van der Waals surface area contributed by atoms with Crippen LogP contribution in [0.5, 0.6) is 11.5 Å². The first-order valence-corrected chi connectivity index (χ1v) is 8.82. The highest BCUT2D eigenvalue weighted by atomic mass is 19.3. The minimum absolute atomic E-state index is 0.0511. The van der Waals surface area contributed by atoms with Crippen LogP contribution in [0.25, 0.3) is 0 Å². The van der Waals surface area contributed by atoms with Crippen molar-refractivity contribution in [3.05, 3.63) is 53.1 Å². The molecule has 2 rings (SSSR count). The Hall–Kier alpha value is -3.36. The number of amidine groups is 1. The number of methoxy groups -OCH3 is 1. The third kappa shape index (κ3) is 6.06. The number of anilines is 1. The summed E-state index contributed by atoms with van der Waals surface area (Å²) in [4.78, 5) is 17.2. The Labute approximate surface area is 167 Å². The average molecular weight is 407 g/mol. The van der Waals surface area contributed by atoms with E-state index in [1.165, 1.54) is 25.3 Å². The van der Waals surface area contributed by atoms with Crippen LogP contribution in [0, 0.1) is 6.92 Å². The number of oxime groups is 1. The summed E-state index contributed by atoms with van der Waals surface area (Å²) in [5, 5.41) is 6.50. The summed E-state index contributed by atoms with van der Waals surface area (Å²) in [6, 6.07) is 9.84. The molecule has 2 aromatic carbocycles. The molecule has 3 N–H and O–H groups in total. The van der Waals surface area contributed by atoms with Gasteiger partial charge in [0.1, 0.15) is 0 Å². The fourth-order valence-electron chi connectivity index (χ4n) is 2.61. The summed E-state index contributed by atoms with van der Waals surface area (Å²) in [5.41, 5.74) is 8.89. The molecule has 0 unspecified atom stereocenters. The fraction of sp³-hybridized carbons (Fsp3) is 0.300. The van der Waals surface area contributed by atoms with E-state index >= 15 is 0 Å². The standard InChI is InChI=1S/C20H23F2N3O4/c1-4-13-7-5-6-12(2)18(13)24-17(26)11-28-25-19(23)14-8-9-15(29-20(21)22)16(10-14)27-3/h5-10,20H,4,11H2,1-3H3,(H2,23,25)(H,24,26). The highest BCUT2D eigenvalue weighted by molar-refractivity contribution is 5.98. The second-order valence-corrected chi connectivity index (χ2v) is 6.00. The van der Waals surface area contributed by atoms with Crippen LogP contribution in [0.2, 0.25) is 0 Å². The smallest absolute Gasteiger partial charge is 0.387 e. The molecule has 156 valence electrons. The summed E-state index contributed by atoms with van der Waals surface area (Å²) < 4.78 is 34.1. The van der Waals surface area contributed by atoms with E-state index in [2.05, 4.69) is 15.2 Å². The summed E-state index contributed by atoms with van der Waals surface area (Å²) in [5.74, 6) is -0.511. The number of halogens is 2. The maximum Gasteiger partial charge on any atom is 0.387 e. The highest BCUT2D eigenvalue weighted by Crippen LogP contribution is 2.29. The summed E-state index contributed by atoms with van der Waals surface area (Å²) in [7, 11) is 1.31. The third-order valence-electron chi connectivity index (χ3n) is 4.04. The number of aryl methyl sites for hydroxylation is 2. The predicted octanol–water partition coefficient (Wildman–Crippen LogP) is 3.44. The minimum atomic E-state index is -2.98. The number of hydrogen-bond donors (Lipinski definition) is 2. The third-order valence-corrected chi connectivity index (χ3v) is 4.04. The van der Waals surface area contributed by atoms with Gasteiger partial charge in [-0.2, -0.15) is 8.78 Å². The van der Waals surface area contributed by atoms with Crippen molar-refractivity contribution in [2.45, 2.75) is 26.9 Å². The van der Waals surface area contributed by atoms with Gasteiger partial charge in [-0.15, -0.1) is 0 Å². The maximum atomic E-state index is 12.4. The summed E-state index contributed by atoms with van der Waals surface area (Å²) in [6.45, 7) is 0.574. The monoisotopic (exact) mass is 407 g/mol. The molecule has 29 heavy (non-hydrogen) atoms. The van der Waals surface area contributed by atoms with Crippen molar-refractivity contribution < 1.29 is 27.9 Å². The van der Waals surface area contributed by atoms with Crippen LogP contribution in [0.4, 0.5) is 14.5 Å². The van der Waals surface area contributed by atoms with E-state index in [9.17, 15) is 13.6 Å². The molecule has 0 radical (unpaired) electrons. The molecule has 0 atom stereocenters. The molecule has 1 amide bonds. The number of nitrogens with one attached hydrogen (secondary N) is 1. The van der Waals surface area contributed by atoms with Gasteiger partial charge in [0.05, 0.1) is 7.11 Å². The number of amides is 1. The number of benzene rings is 2. The lowest BCUT2D eigenvalue weighted by Crippen LogP contribution is -2.20. The van der Waals surface area contributed by atoms with Crippen molar-refractivity contribution >= 4 is 17.4 Å². The van der Waals surface area contributed by atoms with E-state index in [4.69, 9.17) is 15.3 Å². The largest absolute Gasteiger partial charge is 0.493 e. The Balaban J connectivity index is 2.00. The van der Waals surface area contributed by atoms with Gasteiger partial charge >= 0.3 is 6.61 Å². The molecule has 0 saturated carbocycles. The Morgan fingerprint density at radius 3 is 2.66 bits per heavy atom. The molecule has 0 aliphatic heterocycles. The van der Waals surface area contributed by atoms with Crippen LogP contribution >= 0.6 is 0 Å². The molecule has 0 aromatic heterocycles. The van der Waals surface area contributed by atoms with Crippen molar-refractivity contribution in [2.24, 2.45) is 10.9 Å². The SMILES string of the molecule is CCc1cccc(C)c1NC(=O)CON=C(N)c1ccc(OC(F)F)c(OC)c1. The number of hydrogen-bond acceptors (Lipinski definition) is 5. The number of rotatable bonds is 9. The molecule has 0 aliphatic carbocycles. The molecule has 0 aliphatic rings. The Kier molecular flexibility index (Phi) is 7.76. The zero-order valence-corrected chi connectivity index (χ0v) is 16.4. The van der Waals surface area contributed by atoms with Gasteiger partial charge < -0.3 is 25.4 Å². The number of nitrogens with two attached hydrogens (primary N) is 1. The number of nitrogens with zero attached hydrogens (tertiary/aromatic N) is 1. The molecule has 0 spiro atoms. The van der Waals surface area contributed by atoms with Gasteiger partial charge in [-0.3, -0.25) is 4.79 Å². The molecule has 0 bridgehead atoms. The zero-order valence-electron chi connectivity index (χ0n) is 16.4. The number of carbonyl (C=O) groups is 1. The van der Waals surface area contributed by atoms with Gasteiger partial charge in [0.2, 0.25) is 0 Å². The molecule has 0 heterocycles. The van der Waals surface area contributed by atoms with E-state index in [0.717, 1.165) is 23.2 Å². The molecule has 7 nitrogen and oxygen atoms in total. The van der Waals surface area contributed by atoms with Crippen LogP contribution in [0.1, 0.15) is 23.6 Å². The normalized spacial score (nSPS) is 11.3. The van der Waals surface area contributed by atoms with Crippen molar-refractivity contribution in [3.8, 4) is 11.5 Å². The lowest BCUT2D eigenvalue weighted by molar-refractivity contribution is -0.120. The second kappa shape index (κ2) is 10.3. The molecule has 9 heteroatoms. The van der Waals surface area contributed by atoms with Gasteiger partial charge in [-0.1, -0.05) is 30.3 Å². The van der Waals surface area contributed by atoms with Crippen molar-refractivity contribution in [2.75, 3.05) is 19.0 Å². The minimum Gasteiger partial charge on any atom is -0.493 e. The van der Waals surface area contributed by atoms with Gasteiger partial charge in [-0.25, -0.2) is 0 Å². The first-order chi connectivity index (χ1) is 13.8. The molecule has 2 aromatic rings. The van der Waals surface area contributed by atoms with Crippen LogP contribution in [-0.4, -0.2) is 32.1 Å². The van der Waals surface area contributed by atoms with Crippen molar-refractivity contribution in [1.29, 1.82) is 0 Å². The van der Waals surface area contributed by atoms with Crippen LogP contribution in [0.3, 0.4) is 0 Å². The first-order valence-electron chi connectivity index (χ1n) is 8.82. The number of para-hydroxylation sites is 1.